The predicted octanol–water partition coefficient (Wildman–Crippen LogP) is 3.82. The number of nitrogens with two attached hydrogens (primary N) is 1. The van der Waals surface area contributed by atoms with Gasteiger partial charge in [0.2, 0.25) is 0 Å². The lowest BCUT2D eigenvalue weighted by molar-refractivity contribution is 0.495. The van der Waals surface area contributed by atoms with Crippen molar-refractivity contribution in [1.82, 2.24) is 0 Å². The molecule has 0 bridgehead atoms. The van der Waals surface area contributed by atoms with E-state index in [1.807, 2.05) is 12.1 Å². The van der Waals surface area contributed by atoms with Gasteiger partial charge in [-0.15, -0.1) is 0 Å². The van der Waals surface area contributed by atoms with Gasteiger partial charge < -0.3 is 11.1 Å². The van der Waals surface area contributed by atoms with Gasteiger partial charge in [0.25, 0.3) is 0 Å². The molecular formula is C13H19ClN2S. The third-order valence-corrected chi connectivity index (χ3v) is 3.68. The lowest BCUT2D eigenvalue weighted by atomic mass is 10.0. The minimum atomic E-state index is 0.369. The maximum atomic E-state index is 6.19. The van der Waals surface area contributed by atoms with E-state index < -0.39 is 0 Å². The zero-order valence-corrected chi connectivity index (χ0v) is 12.0. The topological polar surface area (TPSA) is 38.0 Å². The average molecular weight is 271 g/mol. The third kappa shape index (κ3) is 3.86. The number of benzene rings is 1. The van der Waals surface area contributed by atoms with Gasteiger partial charge in [-0.05, 0) is 31.0 Å². The summed E-state index contributed by atoms with van der Waals surface area (Å²) in [6, 6.07) is 6.00. The van der Waals surface area contributed by atoms with E-state index in [1.165, 1.54) is 0 Å². The monoisotopic (exact) mass is 270 g/mol. The minimum absolute atomic E-state index is 0.369. The van der Waals surface area contributed by atoms with Crippen LogP contribution in [0.3, 0.4) is 0 Å². The van der Waals surface area contributed by atoms with E-state index in [0.717, 1.165) is 17.7 Å². The number of rotatable bonds is 5. The Labute approximate surface area is 114 Å². The van der Waals surface area contributed by atoms with Crippen molar-refractivity contribution in [3.63, 3.8) is 0 Å². The fourth-order valence-electron chi connectivity index (χ4n) is 1.53. The number of hydrogen-bond donors (Lipinski definition) is 2. The number of nitrogens with one attached hydrogen (secondary N) is 1. The molecule has 3 N–H and O–H groups in total. The maximum absolute atomic E-state index is 6.19. The molecule has 0 spiro atoms. The molecule has 0 saturated heterocycles. The Morgan fingerprint density at radius 2 is 2.12 bits per heavy atom. The van der Waals surface area contributed by atoms with Crippen LogP contribution < -0.4 is 11.1 Å². The zero-order chi connectivity index (χ0) is 13.0. The summed E-state index contributed by atoms with van der Waals surface area (Å²) < 4.78 is 0. The third-order valence-electron chi connectivity index (χ3n) is 3.13. The summed E-state index contributed by atoms with van der Waals surface area (Å²) in [6.45, 7) is 6.56. The van der Waals surface area contributed by atoms with Crippen molar-refractivity contribution in [3.8, 4) is 0 Å². The van der Waals surface area contributed by atoms with Gasteiger partial charge in [-0.3, -0.25) is 0 Å². The van der Waals surface area contributed by atoms with Crippen molar-refractivity contribution in [2.24, 2.45) is 11.7 Å². The molecule has 0 amide bonds. The van der Waals surface area contributed by atoms with E-state index in [-0.39, 0.29) is 0 Å². The molecule has 2 atom stereocenters. The molecule has 0 aromatic heterocycles. The minimum Gasteiger partial charge on any atom is -0.389 e. The van der Waals surface area contributed by atoms with Crippen LogP contribution in [0.25, 0.3) is 0 Å². The van der Waals surface area contributed by atoms with Crippen LogP contribution in [0.15, 0.2) is 18.2 Å². The lowest BCUT2D eigenvalue weighted by Gasteiger charge is -2.22. The van der Waals surface area contributed by atoms with Crippen molar-refractivity contribution >= 4 is 34.5 Å². The van der Waals surface area contributed by atoms with Crippen LogP contribution in [-0.2, 0) is 0 Å². The van der Waals surface area contributed by atoms with Crippen molar-refractivity contribution in [1.29, 1.82) is 0 Å². The van der Waals surface area contributed by atoms with E-state index in [4.69, 9.17) is 29.6 Å². The molecule has 0 saturated carbocycles. The molecule has 0 aliphatic heterocycles. The zero-order valence-electron chi connectivity index (χ0n) is 10.5. The van der Waals surface area contributed by atoms with Crippen molar-refractivity contribution in [3.05, 3.63) is 28.8 Å². The average Bonchev–Trinajstić information content (AvgIpc) is 2.30. The highest BCUT2D eigenvalue weighted by molar-refractivity contribution is 7.80. The fourth-order valence-corrected chi connectivity index (χ4v) is 1.89. The molecule has 2 nitrogen and oxygen atoms in total. The molecule has 94 valence electrons. The summed E-state index contributed by atoms with van der Waals surface area (Å²) >= 11 is 11.1. The van der Waals surface area contributed by atoms with Gasteiger partial charge in [0, 0.05) is 11.6 Å². The number of hydrogen-bond acceptors (Lipinski definition) is 2. The smallest absolute Gasteiger partial charge is 0.104 e. The van der Waals surface area contributed by atoms with Crippen LogP contribution in [-0.4, -0.2) is 11.0 Å². The van der Waals surface area contributed by atoms with Gasteiger partial charge in [-0.1, -0.05) is 44.1 Å². The maximum Gasteiger partial charge on any atom is 0.104 e. The van der Waals surface area contributed by atoms with E-state index in [2.05, 4.69) is 26.1 Å². The van der Waals surface area contributed by atoms with Gasteiger partial charge in [0.15, 0.2) is 0 Å². The van der Waals surface area contributed by atoms with Gasteiger partial charge in [0.05, 0.1) is 10.7 Å². The van der Waals surface area contributed by atoms with Crippen LogP contribution in [0.2, 0.25) is 5.02 Å². The quantitative estimate of drug-likeness (QED) is 0.799. The van der Waals surface area contributed by atoms with Gasteiger partial charge in [-0.25, -0.2) is 0 Å². The molecule has 0 aliphatic rings. The second kappa shape index (κ2) is 6.22. The first kappa shape index (κ1) is 14.3. The van der Waals surface area contributed by atoms with Crippen LogP contribution in [0, 0.1) is 5.92 Å². The molecule has 0 fully saturated rings. The molecule has 1 aromatic carbocycles. The molecule has 0 aliphatic carbocycles. The van der Waals surface area contributed by atoms with Crippen molar-refractivity contribution in [2.75, 3.05) is 5.32 Å². The molecule has 4 heteroatoms. The molecule has 17 heavy (non-hydrogen) atoms. The highest BCUT2D eigenvalue weighted by Crippen LogP contribution is 2.25. The largest absolute Gasteiger partial charge is 0.389 e. The Kier molecular flexibility index (Phi) is 5.22. The summed E-state index contributed by atoms with van der Waals surface area (Å²) in [7, 11) is 0. The Morgan fingerprint density at radius 1 is 1.47 bits per heavy atom. The fraction of sp³-hybridized carbons (Fsp3) is 0.462. The van der Waals surface area contributed by atoms with Gasteiger partial charge in [0.1, 0.15) is 4.99 Å². The Hall–Kier alpha value is -0.800. The predicted molar refractivity (Wildman–Crippen MR) is 79.9 cm³/mol. The molecule has 0 radical (unpaired) electrons. The highest BCUT2D eigenvalue weighted by Gasteiger charge is 2.11. The first-order chi connectivity index (χ1) is 7.95. The van der Waals surface area contributed by atoms with Gasteiger partial charge >= 0.3 is 0 Å². The highest BCUT2D eigenvalue weighted by atomic mass is 35.5. The lowest BCUT2D eigenvalue weighted by Crippen LogP contribution is -2.23. The van der Waals surface area contributed by atoms with Crippen LogP contribution >= 0.6 is 23.8 Å². The van der Waals surface area contributed by atoms with Crippen LogP contribution in [0.4, 0.5) is 5.69 Å². The number of thiocarbonyl (C=S) groups is 1. The second-order valence-electron chi connectivity index (χ2n) is 4.38. The molecule has 1 rings (SSSR count). The summed E-state index contributed by atoms with van der Waals surface area (Å²) in [6.07, 6.45) is 1.14. The van der Waals surface area contributed by atoms with Crippen LogP contribution in [0.1, 0.15) is 32.8 Å². The Morgan fingerprint density at radius 3 is 2.59 bits per heavy atom. The van der Waals surface area contributed by atoms with Crippen molar-refractivity contribution in [2.45, 2.75) is 33.2 Å². The Bertz CT molecular complexity index is 406. The summed E-state index contributed by atoms with van der Waals surface area (Å²) in [5, 5.41) is 4.07. The normalized spacial score (nSPS) is 14.1. The van der Waals surface area contributed by atoms with E-state index in [9.17, 15) is 0 Å². The summed E-state index contributed by atoms with van der Waals surface area (Å²) in [4.78, 5) is 0.369. The number of halogens is 1. The first-order valence-electron chi connectivity index (χ1n) is 5.81. The standard InChI is InChI=1S/C13H19ClN2S/c1-4-8(2)9(3)16-12-6-5-10(13(15)17)7-11(12)14/h5-9,16H,4H2,1-3H3,(H2,15,17). The number of anilines is 1. The van der Waals surface area contributed by atoms with Gasteiger partial charge in [-0.2, -0.15) is 0 Å². The molecule has 2 unspecified atom stereocenters. The van der Waals surface area contributed by atoms with E-state index in [0.29, 0.717) is 22.0 Å². The second-order valence-corrected chi connectivity index (χ2v) is 5.22. The van der Waals surface area contributed by atoms with Crippen molar-refractivity contribution < 1.29 is 0 Å². The molecule has 0 heterocycles. The summed E-state index contributed by atoms with van der Waals surface area (Å²) in [5.41, 5.74) is 7.28. The summed E-state index contributed by atoms with van der Waals surface area (Å²) in [5.74, 6) is 0.598. The SMILES string of the molecule is CCC(C)C(C)Nc1ccc(C(N)=S)cc1Cl. The first-order valence-corrected chi connectivity index (χ1v) is 6.60. The molecule has 1 aromatic rings. The van der Waals surface area contributed by atoms with E-state index >= 15 is 0 Å². The Balaban J connectivity index is 2.82. The molecular weight excluding hydrogens is 252 g/mol. The van der Waals surface area contributed by atoms with E-state index in [1.54, 1.807) is 6.07 Å². The van der Waals surface area contributed by atoms with Crippen LogP contribution in [0.5, 0.6) is 0 Å².